The molecule has 2 atom stereocenters. The smallest absolute Gasteiger partial charge is 0.246 e. The van der Waals surface area contributed by atoms with Crippen LogP contribution in [-0.2, 0) is 37.7 Å². The highest BCUT2D eigenvalue weighted by atomic mass is 32.2. The first-order valence-corrected chi connectivity index (χ1v) is 12.0. The molecule has 6 nitrogen and oxygen atoms in total. The number of likely N-dealkylation sites (tertiary alicyclic amines) is 1. The highest BCUT2D eigenvalue weighted by Crippen LogP contribution is 2.26. The molecule has 0 bridgehead atoms. The van der Waals surface area contributed by atoms with Gasteiger partial charge in [0.1, 0.15) is 12.3 Å². The van der Waals surface area contributed by atoms with Crippen molar-refractivity contribution in [3.63, 3.8) is 0 Å². The number of hydrogen-bond donors (Lipinski definition) is 1. The Morgan fingerprint density at radius 3 is 2.23 bits per heavy atom. The van der Waals surface area contributed by atoms with E-state index in [1.54, 1.807) is 0 Å². The van der Waals surface area contributed by atoms with Crippen molar-refractivity contribution in [1.29, 1.82) is 0 Å². The average Bonchev–Trinajstić information content (AvgIpc) is 2.77. The van der Waals surface area contributed by atoms with Gasteiger partial charge in [0.2, 0.25) is 17.7 Å². The molecule has 0 saturated carbocycles. The zero-order valence-corrected chi connectivity index (χ0v) is 18.3. The second kappa shape index (κ2) is 11.7. The standard InChI is InChI=1S/C24H28N2O4S/c27-21(15-9-3-6-12-19-10-4-1-5-11-19)25-22(28)17-26-23(29)16-24(26)31(30)18-20-13-7-2-8-14-20/h1-2,4-5,7-8,10-11,13-14,24H,3,6,9,12,15-18H2,(H,25,27,28). The molecule has 2 aromatic rings. The lowest BCUT2D eigenvalue weighted by atomic mass is 10.1. The Hall–Kier alpha value is -2.64. The number of carbonyl (C=O) groups is 3. The van der Waals surface area contributed by atoms with Crippen LogP contribution in [0.1, 0.15) is 43.2 Å². The van der Waals surface area contributed by atoms with Crippen molar-refractivity contribution in [2.45, 2.75) is 49.7 Å². The molecule has 2 aromatic carbocycles. The Balaban J connectivity index is 1.34. The van der Waals surface area contributed by atoms with Crippen LogP contribution in [0.2, 0.25) is 0 Å². The topological polar surface area (TPSA) is 89.5 Å². The zero-order chi connectivity index (χ0) is 22.1. The normalized spacial score (nSPS) is 16.5. The molecule has 0 radical (unpaired) electrons. The van der Waals surface area contributed by atoms with E-state index in [2.05, 4.69) is 17.4 Å². The minimum Gasteiger partial charge on any atom is -0.614 e. The predicted molar refractivity (Wildman–Crippen MR) is 120 cm³/mol. The predicted octanol–water partition coefficient (Wildman–Crippen LogP) is 2.94. The van der Waals surface area contributed by atoms with Crippen LogP contribution in [0.15, 0.2) is 60.7 Å². The number of benzene rings is 2. The first kappa shape index (κ1) is 23.0. The zero-order valence-electron chi connectivity index (χ0n) is 17.5. The second-order valence-corrected chi connectivity index (χ2v) is 9.30. The molecule has 1 aliphatic heterocycles. The summed E-state index contributed by atoms with van der Waals surface area (Å²) in [6.45, 7) is -0.232. The summed E-state index contributed by atoms with van der Waals surface area (Å²) >= 11 is -1.29. The number of β-lactam (4-membered cyclic amide) rings is 1. The van der Waals surface area contributed by atoms with Gasteiger partial charge in [-0.1, -0.05) is 67.1 Å². The lowest BCUT2D eigenvalue weighted by molar-refractivity contribution is -0.146. The first-order chi connectivity index (χ1) is 15.0. The van der Waals surface area contributed by atoms with E-state index >= 15 is 0 Å². The molecule has 7 heteroatoms. The van der Waals surface area contributed by atoms with E-state index < -0.39 is 22.5 Å². The van der Waals surface area contributed by atoms with Gasteiger partial charge >= 0.3 is 0 Å². The van der Waals surface area contributed by atoms with Crippen LogP contribution in [-0.4, -0.2) is 39.1 Å². The second-order valence-electron chi connectivity index (χ2n) is 7.71. The molecular weight excluding hydrogens is 412 g/mol. The molecule has 164 valence electrons. The summed E-state index contributed by atoms with van der Waals surface area (Å²) in [5, 5.41) is 1.87. The fourth-order valence-electron chi connectivity index (χ4n) is 3.53. The molecular formula is C24H28N2O4S. The maximum absolute atomic E-state index is 12.6. The van der Waals surface area contributed by atoms with Gasteiger partial charge in [-0.3, -0.25) is 24.6 Å². The maximum Gasteiger partial charge on any atom is 0.246 e. The molecule has 1 heterocycles. The minimum absolute atomic E-state index is 0.169. The van der Waals surface area contributed by atoms with Gasteiger partial charge in [-0.25, -0.2) is 0 Å². The molecule has 3 amide bonds. The number of carbonyl (C=O) groups excluding carboxylic acids is 3. The third kappa shape index (κ3) is 7.22. The Morgan fingerprint density at radius 1 is 0.935 bits per heavy atom. The van der Waals surface area contributed by atoms with Gasteiger partial charge in [0, 0.05) is 12.0 Å². The summed E-state index contributed by atoms with van der Waals surface area (Å²) in [6.07, 6.45) is 4.02. The van der Waals surface area contributed by atoms with Crippen LogP contribution in [0.3, 0.4) is 0 Å². The largest absolute Gasteiger partial charge is 0.614 e. The minimum atomic E-state index is -1.29. The van der Waals surface area contributed by atoms with Gasteiger partial charge in [-0.2, -0.15) is 0 Å². The third-order valence-electron chi connectivity index (χ3n) is 5.28. The monoisotopic (exact) mass is 440 g/mol. The SMILES string of the molecule is O=C(CCCCCc1ccccc1)NC(=O)CN1C(=O)CC1[S+]([O-])Cc1ccccc1. The third-order valence-corrected chi connectivity index (χ3v) is 6.92. The summed E-state index contributed by atoms with van der Waals surface area (Å²) in [7, 11) is 0. The van der Waals surface area contributed by atoms with Crippen molar-refractivity contribution >= 4 is 28.9 Å². The molecule has 31 heavy (non-hydrogen) atoms. The number of hydrogen-bond acceptors (Lipinski definition) is 4. The quantitative estimate of drug-likeness (QED) is 0.330. The van der Waals surface area contributed by atoms with Crippen molar-refractivity contribution in [2.75, 3.05) is 6.54 Å². The van der Waals surface area contributed by atoms with E-state index in [-0.39, 0.29) is 31.2 Å². The van der Waals surface area contributed by atoms with Crippen LogP contribution >= 0.6 is 0 Å². The fourth-order valence-corrected chi connectivity index (χ4v) is 5.05. The van der Waals surface area contributed by atoms with Gasteiger partial charge < -0.3 is 4.55 Å². The number of nitrogens with zero attached hydrogens (tertiary/aromatic N) is 1. The lowest BCUT2D eigenvalue weighted by Crippen LogP contribution is -2.59. The van der Waals surface area contributed by atoms with E-state index in [1.165, 1.54) is 10.5 Å². The van der Waals surface area contributed by atoms with E-state index in [0.717, 1.165) is 24.8 Å². The van der Waals surface area contributed by atoms with Crippen molar-refractivity contribution in [3.8, 4) is 0 Å². The number of amides is 3. The first-order valence-electron chi connectivity index (χ1n) is 10.6. The van der Waals surface area contributed by atoms with Crippen LogP contribution in [0, 0.1) is 0 Å². The Labute approximate surface area is 186 Å². The van der Waals surface area contributed by atoms with Crippen LogP contribution < -0.4 is 5.32 Å². The summed E-state index contributed by atoms with van der Waals surface area (Å²) in [6, 6.07) is 19.6. The van der Waals surface area contributed by atoms with Crippen LogP contribution in [0.5, 0.6) is 0 Å². The number of imide groups is 1. The fraction of sp³-hybridized carbons (Fsp3) is 0.375. The Morgan fingerprint density at radius 2 is 1.58 bits per heavy atom. The summed E-state index contributed by atoms with van der Waals surface area (Å²) < 4.78 is 12.6. The molecule has 2 unspecified atom stereocenters. The number of unbranched alkanes of at least 4 members (excludes halogenated alkanes) is 2. The molecule has 1 saturated heterocycles. The maximum atomic E-state index is 12.6. The molecule has 0 spiro atoms. The number of rotatable bonds is 11. The molecule has 0 aliphatic carbocycles. The lowest BCUT2D eigenvalue weighted by Gasteiger charge is -2.39. The molecule has 3 rings (SSSR count). The van der Waals surface area contributed by atoms with Gasteiger partial charge in [0.05, 0.1) is 6.42 Å². The van der Waals surface area contributed by atoms with E-state index in [9.17, 15) is 18.9 Å². The summed E-state index contributed by atoms with van der Waals surface area (Å²) in [4.78, 5) is 37.4. The highest BCUT2D eigenvalue weighted by molar-refractivity contribution is 7.91. The molecule has 1 aliphatic rings. The summed E-state index contributed by atoms with van der Waals surface area (Å²) in [5.74, 6) is -0.739. The van der Waals surface area contributed by atoms with Crippen LogP contribution in [0.25, 0.3) is 0 Å². The van der Waals surface area contributed by atoms with Crippen LogP contribution in [0.4, 0.5) is 0 Å². The van der Waals surface area contributed by atoms with Crippen molar-refractivity contribution < 1.29 is 18.9 Å². The van der Waals surface area contributed by atoms with Gasteiger partial charge in [0.15, 0.2) is 5.37 Å². The molecule has 1 N–H and O–H groups in total. The Bertz CT molecular complexity index is 876. The average molecular weight is 441 g/mol. The van der Waals surface area contributed by atoms with Gasteiger partial charge in [0.25, 0.3) is 0 Å². The van der Waals surface area contributed by atoms with Crippen molar-refractivity contribution in [2.24, 2.45) is 0 Å². The van der Waals surface area contributed by atoms with Gasteiger partial charge in [-0.05, 0) is 36.0 Å². The van der Waals surface area contributed by atoms with E-state index in [0.29, 0.717) is 12.2 Å². The van der Waals surface area contributed by atoms with Gasteiger partial charge in [-0.15, -0.1) is 0 Å². The highest BCUT2D eigenvalue weighted by Gasteiger charge is 2.45. The Kier molecular flexibility index (Phi) is 8.67. The molecule has 0 aromatic heterocycles. The van der Waals surface area contributed by atoms with E-state index in [1.807, 2.05) is 48.5 Å². The molecule has 1 fully saturated rings. The number of aryl methyl sites for hydroxylation is 1. The summed E-state index contributed by atoms with van der Waals surface area (Å²) in [5.41, 5.74) is 2.20. The number of nitrogens with one attached hydrogen (secondary N) is 1. The van der Waals surface area contributed by atoms with Crippen molar-refractivity contribution in [1.82, 2.24) is 10.2 Å². The van der Waals surface area contributed by atoms with Crippen molar-refractivity contribution in [3.05, 3.63) is 71.8 Å². The van der Waals surface area contributed by atoms with E-state index in [4.69, 9.17) is 0 Å².